The summed E-state index contributed by atoms with van der Waals surface area (Å²) in [5.74, 6) is 1.10. The van der Waals surface area contributed by atoms with Gasteiger partial charge in [-0.3, -0.25) is 0 Å². The summed E-state index contributed by atoms with van der Waals surface area (Å²) < 4.78 is 9.35. The van der Waals surface area contributed by atoms with Gasteiger partial charge >= 0.3 is 0 Å². The molecule has 0 radical (unpaired) electrons. The van der Waals surface area contributed by atoms with Gasteiger partial charge in [-0.1, -0.05) is 127 Å². The fourth-order valence-corrected chi connectivity index (χ4v) is 7.72. The Hall–Kier alpha value is -6.19. The number of hydrogen-bond acceptors (Lipinski definition) is 2. The van der Waals surface area contributed by atoms with Crippen molar-refractivity contribution >= 4 is 32.6 Å². The third-order valence-electron chi connectivity index (χ3n) is 9.89. The first-order valence-corrected chi connectivity index (χ1v) is 16.5. The Morgan fingerprint density at radius 1 is 0.562 bits per heavy atom. The maximum atomic E-state index is 6.94. The summed E-state index contributed by atoms with van der Waals surface area (Å²) >= 11 is 0. The molecule has 1 aliphatic carbocycles. The van der Waals surface area contributed by atoms with Crippen molar-refractivity contribution in [1.82, 2.24) is 9.55 Å². The van der Waals surface area contributed by atoms with Crippen LogP contribution in [0.4, 0.5) is 0 Å². The number of pyridine rings is 1. The summed E-state index contributed by atoms with van der Waals surface area (Å²) in [6.07, 6.45) is 8.67. The molecule has 3 heterocycles. The van der Waals surface area contributed by atoms with Crippen molar-refractivity contribution in [3.63, 3.8) is 0 Å². The average Bonchev–Trinajstić information content (AvgIpc) is 3.72. The summed E-state index contributed by atoms with van der Waals surface area (Å²) in [5.41, 5.74) is 10.9. The second-order valence-electron chi connectivity index (χ2n) is 12.7. The minimum absolute atomic E-state index is 0.0444. The highest BCUT2D eigenvalue weighted by atomic mass is 16.5. The Morgan fingerprint density at radius 3 is 2.06 bits per heavy atom. The molecule has 3 heteroatoms. The molecule has 8 aromatic rings. The number of para-hydroxylation sites is 1. The van der Waals surface area contributed by atoms with Crippen molar-refractivity contribution in [2.24, 2.45) is 0 Å². The van der Waals surface area contributed by atoms with E-state index in [9.17, 15) is 0 Å². The molecule has 3 nitrogen and oxygen atoms in total. The number of allylic oxidation sites excluding steroid dienone is 2. The number of nitrogens with zero attached hydrogens (tertiary/aromatic N) is 2. The van der Waals surface area contributed by atoms with Crippen molar-refractivity contribution in [3.05, 3.63) is 175 Å². The van der Waals surface area contributed by atoms with Crippen LogP contribution in [-0.4, -0.2) is 15.7 Å². The van der Waals surface area contributed by atoms with Gasteiger partial charge in [0.1, 0.15) is 11.9 Å². The van der Waals surface area contributed by atoms with Gasteiger partial charge in [-0.15, -0.1) is 0 Å². The van der Waals surface area contributed by atoms with E-state index in [2.05, 4.69) is 174 Å². The monoisotopic (exact) mass is 614 g/mol. The van der Waals surface area contributed by atoms with Gasteiger partial charge in [0.2, 0.25) is 0 Å². The highest BCUT2D eigenvalue weighted by molar-refractivity contribution is 6.25. The quantitative estimate of drug-likeness (QED) is 0.197. The van der Waals surface area contributed by atoms with Crippen molar-refractivity contribution in [3.8, 4) is 45.1 Å². The van der Waals surface area contributed by atoms with Gasteiger partial charge in [0.25, 0.3) is 0 Å². The SMILES string of the molecule is C1=CC2Oc3c(cc(-c4cc(-c5ccccc5)cc(-c5ccccc5)n4)c4c3c3c5ccccc5ccc3n4-c3ccccc3)C2C=C1. The minimum Gasteiger partial charge on any atom is -0.484 e. The zero-order chi connectivity index (χ0) is 31.6. The lowest BCUT2D eigenvalue weighted by atomic mass is 9.88. The molecule has 2 aliphatic rings. The topological polar surface area (TPSA) is 27.1 Å². The standard InChI is InChI=1S/C45H30N2O/c1-4-14-29(15-5-1)32-26-38(31-17-6-2-7-18-31)46-39(27-32)37-28-36-35-22-12-13-23-41(35)48-45(36)43-42-34-21-11-10-16-30(34)24-25-40(42)47(44(37)43)33-19-8-3-9-20-33/h1-28,35,41H. The Balaban J connectivity index is 1.39. The smallest absolute Gasteiger partial charge is 0.134 e. The molecule has 0 amide bonds. The second-order valence-corrected chi connectivity index (χ2v) is 12.7. The van der Waals surface area contributed by atoms with Crippen LogP contribution in [-0.2, 0) is 0 Å². The molecule has 6 aromatic carbocycles. The molecular weight excluding hydrogens is 585 g/mol. The highest BCUT2D eigenvalue weighted by Crippen LogP contribution is 2.53. The molecule has 48 heavy (non-hydrogen) atoms. The van der Waals surface area contributed by atoms with Gasteiger partial charge in [0.05, 0.1) is 27.8 Å². The number of aromatic nitrogens is 2. The zero-order valence-electron chi connectivity index (χ0n) is 26.1. The van der Waals surface area contributed by atoms with Crippen LogP contribution in [0.3, 0.4) is 0 Å². The van der Waals surface area contributed by atoms with Crippen LogP contribution in [0.5, 0.6) is 5.75 Å². The van der Waals surface area contributed by atoms with Gasteiger partial charge in [-0.05, 0) is 64.4 Å². The van der Waals surface area contributed by atoms with Crippen molar-refractivity contribution in [1.29, 1.82) is 0 Å². The Bertz CT molecular complexity index is 2520. The highest BCUT2D eigenvalue weighted by Gasteiger charge is 2.37. The number of rotatable bonds is 4. The number of fused-ring (bicyclic) bond motifs is 9. The maximum absolute atomic E-state index is 6.94. The summed E-state index contributed by atoms with van der Waals surface area (Å²) in [5, 5.41) is 4.78. The zero-order valence-corrected chi connectivity index (χ0v) is 26.1. The lowest BCUT2D eigenvalue weighted by Gasteiger charge is -2.16. The van der Waals surface area contributed by atoms with E-state index in [1.807, 2.05) is 0 Å². The summed E-state index contributed by atoms with van der Waals surface area (Å²) in [6, 6.07) is 51.9. The molecule has 226 valence electrons. The van der Waals surface area contributed by atoms with Gasteiger partial charge in [0, 0.05) is 33.7 Å². The first-order valence-electron chi connectivity index (χ1n) is 16.5. The van der Waals surface area contributed by atoms with Crippen LogP contribution in [0.1, 0.15) is 11.5 Å². The third-order valence-corrected chi connectivity index (χ3v) is 9.89. The fourth-order valence-electron chi connectivity index (χ4n) is 7.72. The molecule has 1 aliphatic heterocycles. The second kappa shape index (κ2) is 10.7. The Kier molecular flexibility index (Phi) is 6.00. The van der Waals surface area contributed by atoms with Gasteiger partial charge in [0.15, 0.2) is 0 Å². The molecule has 0 spiro atoms. The molecule has 2 aromatic heterocycles. The van der Waals surface area contributed by atoms with Gasteiger partial charge < -0.3 is 9.30 Å². The molecule has 10 rings (SSSR count). The van der Waals surface area contributed by atoms with Crippen LogP contribution in [0.2, 0.25) is 0 Å². The van der Waals surface area contributed by atoms with E-state index < -0.39 is 0 Å². The van der Waals surface area contributed by atoms with Crippen LogP contribution in [0.25, 0.3) is 71.9 Å². The van der Waals surface area contributed by atoms with E-state index in [0.717, 1.165) is 61.5 Å². The van der Waals surface area contributed by atoms with Crippen LogP contribution >= 0.6 is 0 Å². The molecule has 0 fully saturated rings. The summed E-state index contributed by atoms with van der Waals surface area (Å²) in [7, 11) is 0. The van der Waals surface area contributed by atoms with E-state index in [-0.39, 0.29) is 12.0 Å². The largest absolute Gasteiger partial charge is 0.484 e. The van der Waals surface area contributed by atoms with Crippen molar-refractivity contribution in [2.75, 3.05) is 0 Å². The number of hydrogen-bond donors (Lipinski definition) is 0. The van der Waals surface area contributed by atoms with E-state index in [1.54, 1.807) is 0 Å². The van der Waals surface area contributed by atoms with E-state index >= 15 is 0 Å². The normalized spacial score (nSPS) is 16.3. The predicted molar refractivity (Wildman–Crippen MR) is 198 cm³/mol. The van der Waals surface area contributed by atoms with E-state index in [1.165, 1.54) is 21.7 Å². The minimum atomic E-state index is -0.0444. The molecule has 0 bridgehead atoms. The first-order chi connectivity index (χ1) is 23.8. The Labute approximate surface area is 278 Å². The molecule has 0 saturated heterocycles. The predicted octanol–water partition coefficient (Wildman–Crippen LogP) is 11.3. The summed E-state index contributed by atoms with van der Waals surface area (Å²) in [6.45, 7) is 0. The number of ether oxygens (including phenoxy) is 1. The van der Waals surface area contributed by atoms with Crippen LogP contribution < -0.4 is 4.74 Å². The van der Waals surface area contributed by atoms with Gasteiger partial charge in [-0.2, -0.15) is 0 Å². The molecule has 0 saturated carbocycles. The molecular formula is C45H30N2O. The van der Waals surface area contributed by atoms with Crippen LogP contribution in [0.15, 0.2) is 170 Å². The summed E-state index contributed by atoms with van der Waals surface area (Å²) in [4.78, 5) is 5.46. The molecule has 0 N–H and O–H groups in total. The van der Waals surface area contributed by atoms with Crippen molar-refractivity contribution < 1.29 is 4.74 Å². The molecule has 2 unspecified atom stereocenters. The fraction of sp³-hybridized carbons (Fsp3) is 0.0444. The van der Waals surface area contributed by atoms with Crippen LogP contribution in [0, 0.1) is 0 Å². The molecule has 2 atom stereocenters. The Morgan fingerprint density at radius 2 is 1.25 bits per heavy atom. The van der Waals surface area contributed by atoms with E-state index in [0.29, 0.717) is 0 Å². The van der Waals surface area contributed by atoms with Crippen molar-refractivity contribution in [2.45, 2.75) is 12.0 Å². The first kappa shape index (κ1) is 27.0. The van der Waals surface area contributed by atoms with E-state index in [4.69, 9.17) is 9.72 Å². The lowest BCUT2D eigenvalue weighted by Crippen LogP contribution is -2.15. The average molecular weight is 615 g/mol. The third kappa shape index (κ3) is 4.11. The lowest BCUT2D eigenvalue weighted by molar-refractivity contribution is 0.271. The maximum Gasteiger partial charge on any atom is 0.134 e. The van der Waals surface area contributed by atoms with Gasteiger partial charge in [-0.25, -0.2) is 4.98 Å². The number of benzene rings is 6.